The van der Waals surface area contributed by atoms with Gasteiger partial charge in [0.15, 0.2) is 6.61 Å². The Balaban J connectivity index is 1.60. The fourth-order valence-corrected chi connectivity index (χ4v) is 2.85. The average Bonchev–Trinajstić information content (AvgIpc) is 2.72. The van der Waals surface area contributed by atoms with E-state index in [2.05, 4.69) is 5.32 Å². The van der Waals surface area contributed by atoms with E-state index in [1.165, 1.54) is 19.2 Å². The molecule has 0 bridgehead atoms. The minimum atomic E-state index is -0.845. The lowest BCUT2D eigenvalue weighted by molar-refractivity contribution is -0.145. The molecule has 0 heterocycles. The molecule has 0 unspecified atom stereocenters. The van der Waals surface area contributed by atoms with Crippen molar-refractivity contribution in [3.8, 4) is 11.5 Å². The van der Waals surface area contributed by atoms with Crippen molar-refractivity contribution < 1.29 is 24.2 Å². The zero-order chi connectivity index (χ0) is 19.9. The van der Waals surface area contributed by atoms with E-state index < -0.39 is 17.9 Å². The van der Waals surface area contributed by atoms with Crippen molar-refractivity contribution in [2.45, 2.75) is 12.5 Å². The Kier molecular flexibility index (Phi) is 6.11. The molecule has 144 valence electrons. The van der Waals surface area contributed by atoms with Crippen molar-refractivity contribution in [1.29, 1.82) is 0 Å². The van der Waals surface area contributed by atoms with Crippen molar-refractivity contribution in [1.82, 2.24) is 5.32 Å². The summed E-state index contributed by atoms with van der Waals surface area (Å²) in [5, 5.41) is 14.1. The Bertz CT molecular complexity index is 968. The molecule has 1 atom stereocenters. The largest absolute Gasteiger partial charge is 0.508 e. The lowest BCUT2D eigenvalue weighted by Crippen LogP contribution is -2.44. The second-order valence-electron chi connectivity index (χ2n) is 6.31. The molecule has 6 nitrogen and oxygen atoms in total. The molecule has 0 spiro atoms. The number of amides is 1. The number of fused-ring (bicyclic) bond motifs is 1. The Labute approximate surface area is 162 Å². The predicted molar refractivity (Wildman–Crippen MR) is 105 cm³/mol. The van der Waals surface area contributed by atoms with Gasteiger partial charge in [-0.2, -0.15) is 0 Å². The summed E-state index contributed by atoms with van der Waals surface area (Å²) in [5.41, 5.74) is 0.781. The number of hydrogen-bond donors (Lipinski definition) is 2. The van der Waals surface area contributed by atoms with E-state index in [9.17, 15) is 14.7 Å². The van der Waals surface area contributed by atoms with Crippen LogP contribution in [-0.2, 0) is 20.7 Å². The van der Waals surface area contributed by atoms with Gasteiger partial charge in [0.2, 0.25) is 0 Å². The van der Waals surface area contributed by atoms with Crippen molar-refractivity contribution in [3.63, 3.8) is 0 Å². The van der Waals surface area contributed by atoms with E-state index in [1.54, 1.807) is 18.2 Å². The Hall–Kier alpha value is -3.54. The van der Waals surface area contributed by atoms with Gasteiger partial charge in [0, 0.05) is 6.42 Å². The zero-order valence-corrected chi connectivity index (χ0v) is 15.4. The summed E-state index contributed by atoms with van der Waals surface area (Å²) in [6, 6.07) is 19.0. The molecular formula is C22H21NO5. The van der Waals surface area contributed by atoms with E-state index in [4.69, 9.17) is 9.47 Å². The van der Waals surface area contributed by atoms with Crippen LogP contribution in [0.5, 0.6) is 11.5 Å². The highest BCUT2D eigenvalue weighted by atomic mass is 16.5. The van der Waals surface area contributed by atoms with Crippen LogP contribution in [0.4, 0.5) is 0 Å². The first-order valence-corrected chi connectivity index (χ1v) is 8.82. The van der Waals surface area contributed by atoms with Crippen LogP contribution in [-0.4, -0.2) is 36.7 Å². The van der Waals surface area contributed by atoms with Crippen molar-refractivity contribution in [3.05, 3.63) is 72.3 Å². The molecule has 0 fully saturated rings. The van der Waals surface area contributed by atoms with Gasteiger partial charge in [-0.05, 0) is 40.6 Å². The van der Waals surface area contributed by atoms with Gasteiger partial charge < -0.3 is 19.9 Å². The number of esters is 1. The summed E-state index contributed by atoms with van der Waals surface area (Å²) in [7, 11) is 1.27. The quantitative estimate of drug-likeness (QED) is 0.617. The molecule has 0 saturated carbocycles. The molecule has 0 aliphatic heterocycles. The molecule has 3 rings (SSSR count). The number of phenolic OH excluding ortho intramolecular Hbond substituents is 1. The fourth-order valence-electron chi connectivity index (χ4n) is 2.85. The number of aromatic hydroxyl groups is 1. The SMILES string of the molecule is COC(=O)[C@H](Cc1ccc(O)cc1)NC(=O)COc1ccc2ccccc2c1. The van der Waals surface area contributed by atoms with Gasteiger partial charge in [0.1, 0.15) is 17.5 Å². The fraction of sp³-hybridized carbons (Fsp3) is 0.182. The van der Waals surface area contributed by atoms with Gasteiger partial charge in [-0.15, -0.1) is 0 Å². The molecule has 2 N–H and O–H groups in total. The number of benzene rings is 3. The molecule has 0 saturated heterocycles. The van der Waals surface area contributed by atoms with Crippen LogP contribution < -0.4 is 10.1 Å². The molecule has 3 aromatic rings. The van der Waals surface area contributed by atoms with Crippen molar-refractivity contribution in [2.24, 2.45) is 0 Å². The maximum absolute atomic E-state index is 12.3. The third-order valence-corrected chi connectivity index (χ3v) is 4.29. The summed E-state index contributed by atoms with van der Waals surface area (Å²) < 4.78 is 10.3. The van der Waals surface area contributed by atoms with Gasteiger partial charge in [-0.1, -0.05) is 42.5 Å². The molecule has 0 aliphatic carbocycles. The maximum Gasteiger partial charge on any atom is 0.328 e. The van der Waals surface area contributed by atoms with Crippen LogP contribution in [0.15, 0.2) is 66.7 Å². The summed E-state index contributed by atoms with van der Waals surface area (Å²) >= 11 is 0. The monoisotopic (exact) mass is 379 g/mol. The van der Waals surface area contributed by atoms with E-state index in [0.29, 0.717) is 5.75 Å². The topological polar surface area (TPSA) is 84.9 Å². The highest BCUT2D eigenvalue weighted by molar-refractivity contribution is 5.86. The highest BCUT2D eigenvalue weighted by Gasteiger charge is 2.22. The maximum atomic E-state index is 12.3. The first-order valence-electron chi connectivity index (χ1n) is 8.82. The second-order valence-corrected chi connectivity index (χ2v) is 6.31. The summed E-state index contributed by atoms with van der Waals surface area (Å²) in [5.74, 6) is -0.275. The molecule has 3 aromatic carbocycles. The number of phenols is 1. The van der Waals surface area contributed by atoms with E-state index in [1.807, 2.05) is 36.4 Å². The van der Waals surface area contributed by atoms with Gasteiger partial charge >= 0.3 is 5.97 Å². The standard InChI is InChI=1S/C22H21NO5/c1-27-22(26)20(12-15-6-9-18(24)10-7-15)23-21(25)14-28-19-11-8-16-4-2-3-5-17(16)13-19/h2-11,13,20,24H,12,14H2,1H3,(H,23,25)/t20-/m0/s1. The number of hydrogen-bond acceptors (Lipinski definition) is 5. The zero-order valence-electron chi connectivity index (χ0n) is 15.4. The van der Waals surface area contributed by atoms with Gasteiger partial charge in [-0.25, -0.2) is 4.79 Å². The molecule has 0 aliphatic rings. The first-order chi connectivity index (χ1) is 13.5. The molecule has 0 aromatic heterocycles. The third-order valence-electron chi connectivity index (χ3n) is 4.29. The van der Waals surface area contributed by atoms with E-state index >= 15 is 0 Å². The van der Waals surface area contributed by atoms with Crippen LogP contribution in [0.25, 0.3) is 10.8 Å². The van der Waals surface area contributed by atoms with Crippen LogP contribution in [0.1, 0.15) is 5.56 Å². The highest BCUT2D eigenvalue weighted by Crippen LogP contribution is 2.20. The van der Waals surface area contributed by atoms with E-state index in [-0.39, 0.29) is 18.8 Å². The van der Waals surface area contributed by atoms with Crippen LogP contribution in [0.2, 0.25) is 0 Å². The minimum absolute atomic E-state index is 0.131. The molecule has 28 heavy (non-hydrogen) atoms. The number of carbonyl (C=O) groups excluding carboxylic acids is 2. The summed E-state index contributed by atoms with van der Waals surface area (Å²) in [6.07, 6.45) is 0.245. The number of methoxy groups -OCH3 is 1. The normalized spacial score (nSPS) is 11.6. The lowest BCUT2D eigenvalue weighted by atomic mass is 10.1. The summed E-state index contributed by atoms with van der Waals surface area (Å²) in [4.78, 5) is 24.3. The minimum Gasteiger partial charge on any atom is -0.508 e. The molecule has 6 heteroatoms. The molecular weight excluding hydrogens is 358 g/mol. The smallest absolute Gasteiger partial charge is 0.328 e. The number of nitrogens with one attached hydrogen (secondary N) is 1. The van der Waals surface area contributed by atoms with Gasteiger partial charge in [0.25, 0.3) is 5.91 Å². The predicted octanol–water partition coefficient (Wildman–Crippen LogP) is 2.82. The second kappa shape index (κ2) is 8.90. The summed E-state index contributed by atoms with van der Waals surface area (Å²) in [6.45, 7) is -0.221. The molecule has 1 amide bonds. The van der Waals surface area contributed by atoms with Crippen molar-refractivity contribution >= 4 is 22.6 Å². The Morgan fingerprint density at radius 1 is 1.00 bits per heavy atom. The Morgan fingerprint density at radius 2 is 1.71 bits per heavy atom. The van der Waals surface area contributed by atoms with E-state index in [0.717, 1.165) is 16.3 Å². The number of carbonyl (C=O) groups is 2. The van der Waals surface area contributed by atoms with Crippen LogP contribution in [0.3, 0.4) is 0 Å². The lowest BCUT2D eigenvalue weighted by Gasteiger charge is -2.17. The third kappa shape index (κ3) is 5.01. The number of ether oxygens (including phenoxy) is 2. The van der Waals surface area contributed by atoms with Gasteiger partial charge in [-0.3, -0.25) is 4.79 Å². The first kappa shape index (κ1) is 19.2. The van der Waals surface area contributed by atoms with Crippen molar-refractivity contribution in [2.75, 3.05) is 13.7 Å². The van der Waals surface area contributed by atoms with Crippen LogP contribution in [0, 0.1) is 0 Å². The molecule has 0 radical (unpaired) electrons. The average molecular weight is 379 g/mol. The Morgan fingerprint density at radius 3 is 2.43 bits per heavy atom. The van der Waals surface area contributed by atoms with Gasteiger partial charge in [0.05, 0.1) is 7.11 Å². The van der Waals surface area contributed by atoms with Crippen LogP contribution >= 0.6 is 0 Å². The number of rotatable bonds is 7.